The molecule has 0 amide bonds. The Bertz CT molecular complexity index is 1390. The molecule has 0 radical (unpaired) electrons. The van der Waals surface area contributed by atoms with Gasteiger partial charge in [0, 0.05) is 23.7 Å². The Morgan fingerprint density at radius 1 is 0.909 bits per heavy atom. The standard InChI is InChI=1S/C26H19N5OS/c27-15-21-5-1-2-8-24(21)20-11-9-19(10-12-20)18-33-26-30-29-25(22-6-3-13-28-16-22)31(26)17-23-7-4-14-32-23/h1-14,16H,17-18H2. The lowest BCUT2D eigenvalue weighted by molar-refractivity contribution is 0.485. The van der Waals surface area contributed by atoms with E-state index in [1.807, 2.05) is 48.5 Å². The van der Waals surface area contributed by atoms with Gasteiger partial charge in [0.05, 0.1) is 24.4 Å². The molecule has 7 heteroatoms. The van der Waals surface area contributed by atoms with Gasteiger partial charge in [0.1, 0.15) is 5.76 Å². The topological polar surface area (TPSA) is 80.5 Å². The Kier molecular flexibility index (Phi) is 6.00. The van der Waals surface area contributed by atoms with Crippen LogP contribution in [0.3, 0.4) is 0 Å². The molecule has 2 aromatic carbocycles. The van der Waals surface area contributed by atoms with E-state index in [0.717, 1.165) is 44.7 Å². The number of hydrogen-bond donors (Lipinski definition) is 0. The van der Waals surface area contributed by atoms with Gasteiger partial charge in [-0.2, -0.15) is 5.26 Å². The molecule has 3 aromatic heterocycles. The van der Waals surface area contributed by atoms with Crippen LogP contribution in [0, 0.1) is 11.3 Å². The van der Waals surface area contributed by atoms with Crippen LogP contribution in [-0.2, 0) is 12.3 Å². The molecule has 0 saturated heterocycles. The number of rotatable bonds is 7. The molecule has 33 heavy (non-hydrogen) atoms. The highest BCUT2D eigenvalue weighted by Crippen LogP contribution is 2.29. The van der Waals surface area contributed by atoms with Gasteiger partial charge in [-0.15, -0.1) is 10.2 Å². The van der Waals surface area contributed by atoms with Gasteiger partial charge in [-0.05, 0) is 47.0 Å². The van der Waals surface area contributed by atoms with E-state index in [2.05, 4.69) is 50.1 Å². The third kappa shape index (κ3) is 4.56. The van der Waals surface area contributed by atoms with Gasteiger partial charge in [-0.3, -0.25) is 9.55 Å². The maximum absolute atomic E-state index is 9.37. The first kappa shape index (κ1) is 20.7. The predicted molar refractivity (Wildman–Crippen MR) is 127 cm³/mol. The molecule has 0 fully saturated rings. The number of benzene rings is 2. The summed E-state index contributed by atoms with van der Waals surface area (Å²) in [6, 6.07) is 25.9. The van der Waals surface area contributed by atoms with Gasteiger partial charge in [-0.25, -0.2) is 0 Å². The van der Waals surface area contributed by atoms with E-state index in [1.54, 1.807) is 30.4 Å². The monoisotopic (exact) mass is 449 g/mol. The smallest absolute Gasteiger partial charge is 0.192 e. The Labute approximate surface area is 195 Å². The van der Waals surface area contributed by atoms with E-state index in [1.165, 1.54) is 0 Å². The zero-order valence-corrected chi connectivity index (χ0v) is 18.4. The van der Waals surface area contributed by atoms with Crippen molar-refractivity contribution < 1.29 is 4.42 Å². The van der Waals surface area contributed by atoms with Crippen molar-refractivity contribution in [2.75, 3.05) is 0 Å². The Morgan fingerprint density at radius 3 is 2.55 bits per heavy atom. The van der Waals surface area contributed by atoms with Crippen molar-refractivity contribution in [2.24, 2.45) is 0 Å². The number of pyridine rings is 1. The van der Waals surface area contributed by atoms with Crippen molar-refractivity contribution in [1.82, 2.24) is 19.7 Å². The molecule has 0 aliphatic rings. The summed E-state index contributed by atoms with van der Waals surface area (Å²) in [5, 5.41) is 19.1. The number of hydrogen-bond acceptors (Lipinski definition) is 6. The van der Waals surface area contributed by atoms with Gasteiger partial charge in [0.15, 0.2) is 11.0 Å². The number of thioether (sulfide) groups is 1. The van der Waals surface area contributed by atoms with Crippen molar-refractivity contribution >= 4 is 11.8 Å². The molecule has 0 atom stereocenters. The van der Waals surface area contributed by atoms with Crippen LogP contribution in [0.25, 0.3) is 22.5 Å². The van der Waals surface area contributed by atoms with Crippen molar-refractivity contribution in [2.45, 2.75) is 17.5 Å². The van der Waals surface area contributed by atoms with E-state index in [-0.39, 0.29) is 0 Å². The fraction of sp³-hybridized carbons (Fsp3) is 0.0769. The van der Waals surface area contributed by atoms with Crippen LogP contribution in [0.15, 0.2) is 101 Å². The van der Waals surface area contributed by atoms with Crippen LogP contribution in [0.2, 0.25) is 0 Å². The molecule has 0 saturated carbocycles. The molecule has 0 N–H and O–H groups in total. The van der Waals surface area contributed by atoms with E-state index in [9.17, 15) is 5.26 Å². The van der Waals surface area contributed by atoms with E-state index >= 15 is 0 Å². The number of furan rings is 1. The van der Waals surface area contributed by atoms with Crippen LogP contribution in [-0.4, -0.2) is 19.7 Å². The molecule has 0 bridgehead atoms. The summed E-state index contributed by atoms with van der Waals surface area (Å²) in [5.41, 5.74) is 4.71. The lowest BCUT2D eigenvalue weighted by Gasteiger charge is -2.09. The summed E-state index contributed by atoms with van der Waals surface area (Å²) < 4.78 is 7.62. The van der Waals surface area contributed by atoms with E-state index in [4.69, 9.17) is 4.42 Å². The molecule has 3 heterocycles. The number of aromatic nitrogens is 4. The van der Waals surface area contributed by atoms with Crippen LogP contribution in [0.4, 0.5) is 0 Å². The molecule has 5 rings (SSSR count). The molecule has 0 spiro atoms. The maximum Gasteiger partial charge on any atom is 0.192 e. The number of nitriles is 1. The zero-order chi connectivity index (χ0) is 22.5. The Morgan fingerprint density at radius 2 is 1.79 bits per heavy atom. The SMILES string of the molecule is N#Cc1ccccc1-c1ccc(CSc2nnc(-c3cccnc3)n2Cc2ccco2)cc1. The average molecular weight is 450 g/mol. The largest absolute Gasteiger partial charge is 0.467 e. The Balaban J connectivity index is 1.37. The van der Waals surface area contributed by atoms with E-state index in [0.29, 0.717) is 12.1 Å². The summed E-state index contributed by atoms with van der Waals surface area (Å²) in [6.07, 6.45) is 5.20. The van der Waals surface area contributed by atoms with Gasteiger partial charge in [0.2, 0.25) is 0 Å². The molecule has 0 aliphatic carbocycles. The fourth-order valence-corrected chi connectivity index (χ4v) is 4.46. The second kappa shape index (κ2) is 9.55. The number of nitrogens with zero attached hydrogens (tertiary/aromatic N) is 5. The lowest BCUT2D eigenvalue weighted by Crippen LogP contribution is -2.03. The minimum absolute atomic E-state index is 0.538. The highest BCUT2D eigenvalue weighted by atomic mass is 32.2. The normalized spacial score (nSPS) is 10.8. The fourth-order valence-electron chi connectivity index (χ4n) is 3.57. The Hall–Kier alpha value is -4.15. The van der Waals surface area contributed by atoms with Crippen molar-refractivity contribution in [3.8, 4) is 28.6 Å². The minimum Gasteiger partial charge on any atom is -0.467 e. The summed E-state index contributed by atoms with van der Waals surface area (Å²) in [7, 11) is 0. The lowest BCUT2D eigenvalue weighted by atomic mass is 10.00. The zero-order valence-electron chi connectivity index (χ0n) is 17.6. The molecular formula is C26H19N5OS. The quantitative estimate of drug-likeness (QED) is 0.292. The first-order valence-corrected chi connectivity index (χ1v) is 11.4. The van der Waals surface area contributed by atoms with Gasteiger partial charge in [0.25, 0.3) is 0 Å². The second-order valence-corrected chi connectivity index (χ2v) is 8.30. The molecular weight excluding hydrogens is 430 g/mol. The summed E-state index contributed by atoms with van der Waals surface area (Å²) in [5.74, 6) is 2.33. The van der Waals surface area contributed by atoms with Crippen molar-refractivity contribution in [3.63, 3.8) is 0 Å². The third-order valence-corrected chi connectivity index (χ3v) is 6.25. The van der Waals surface area contributed by atoms with Crippen LogP contribution in [0.5, 0.6) is 0 Å². The molecule has 6 nitrogen and oxygen atoms in total. The second-order valence-electron chi connectivity index (χ2n) is 7.36. The molecule has 0 aliphatic heterocycles. The summed E-state index contributed by atoms with van der Waals surface area (Å²) in [4.78, 5) is 4.22. The highest BCUT2D eigenvalue weighted by Gasteiger charge is 2.16. The van der Waals surface area contributed by atoms with Crippen LogP contribution < -0.4 is 0 Å². The minimum atomic E-state index is 0.538. The summed E-state index contributed by atoms with van der Waals surface area (Å²) >= 11 is 1.62. The maximum atomic E-state index is 9.37. The van der Waals surface area contributed by atoms with Crippen LogP contribution in [0.1, 0.15) is 16.9 Å². The average Bonchev–Trinajstić information content (AvgIpc) is 3.54. The first-order chi connectivity index (χ1) is 16.3. The predicted octanol–water partition coefficient (Wildman–Crippen LogP) is 5.81. The molecule has 0 unspecified atom stereocenters. The highest BCUT2D eigenvalue weighted by molar-refractivity contribution is 7.98. The molecule has 160 valence electrons. The van der Waals surface area contributed by atoms with Gasteiger partial charge < -0.3 is 4.42 Å². The molecule has 5 aromatic rings. The third-order valence-electron chi connectivity index (χ3n) is 5.21. The summed E-state index contributed by atoms with van der Waals surface area (Å²) in [6.45, 7) is 0.538. The van der Waals surface area contributed by atoms with Gasteiger partial charge >= 0.3 is 0 Å². The first-order valence-electron chi connectivity index (χ1n) is 10.4. The van der Waals surface area contributed by atoms with Crippen molar-refractivity contribution in [3.05, 3.63) is 108 Å². The van der Waals surface area contributed by atoms with Crippen molar-refractivity contribution in [1.29, 1.82) is 5.26 Å². The van der Waals surface area contributed by atoms with E-state index < -0.39 is 0 Å². The van der Waals surface area contributed by atoms with Gasteiger partial charge in [-0.1, -0.05) is 54.2 Å². The van der Waals surface area contributed by atoms with Crippen LogP contribution >= 0.6 is 11.8 Å².